The normalized spacial score (nSPS) is 11.1. The maximum Gasteiger partial charge on any atom is 0.0628 e. The summed E-state index contributed by atoms with van der Waals surface area (Å²) < 4.78 is 2.16. The van der Waals surface area contributed by atoms with E-state index in [4.69, 9.17) is 0 Å². The third kappa shape index (κ3) is 3.67. The molecule has 2 aromatic rings. The number of rotatable bonds is 7. The first-order valence-electron chi connectivity index (χ1n) is 6.98. The minimum Gasteiger partial charge on any atom is -0.317 e. The number of nitrogens with one attached hydrogen (secondary N) is 1. The van der Waals surface area contributed by atoms with Crippen LogP contribution in [0.1, 0.15) is 28.8 Å². The Morgan fingerprint density at radius 2 is 2.16 bits per heavy atom. The molecule has 0 aliphatic rings. The van der Waals surface area contributed by atoms with Crippen LogP contribution in [-0.4, -0.2) is 22.9 Å². The van der Waals surface area contributed by atoms with Gasteiger partial charge in [0.1, 0.15) is 0 Å². The molecule has 104 valence electrons. The number of likely N-dealkylation sites (N-methyl/N-ethyl adjacent to an activating group) is 1. The Kier molecular flexibility index (Phi) is 5.16. The Morgan fingerprint density at radius 3 is 2.84 bits per heavy atom. The molecule has 0 amide bonds. The number of hydrogen-bond acceptors (Lipinski definition) is 3. The third-order valence-electron chi connectivity index (χ3n) is 3.48. The van der Waals surface area contributed by atoms with E-state index in [0.29, 0.717) is 0 Å². The van der Waals surface area contributed by atoms with Gasteiger partial charge in [0.25, 0.3) is 0 Å². The van der Waals surface area contributed by atoms with Crippen LogP contribution in [-0.2, 0) is 19.4 Å². The molecular weight excluding hydrogens is 254 g/mol. The molecule has 0 aromatic carbocycles. The van der Waals surface area contributed by atoms with E-state index in [1.165, 1.54) is 21.8 Å². The standard InChI is InChI=1S/C15H23N3S/c1-4-16-9-7-15-12(2)17-18(13(15)3)10-8-14-6-5-11-19-14/h5-6,11,16H,4,7-10H2,1-3H3. The molecule has 0 aliphatic carbocycles. The molecule has 0 atom stereocenters. The Bertz CT molecular complexity index is 500. The molecule has 19 heavy (non-hydrogen) atoms. The summed E-state index contributed by atoms with van der Waals surface area (Å²) in [5.74, 6) is 0. The van der Waals surface area contributed by atoms with Crippen LogP contribution in [0.3, 0.4) is 0 Å². The highest BCUT2D eigenvalue weighted by atomic mass is 32.1. The molecule has 0 spiro atoms. The third-order valence-corrected chi connectivity index (χ3v) is 4.42. The average Bonchev–Trinajstić information content (AvgIpc) is 2.99. The zero-order valence-electron chi connectivity index (χ0n) is 12.1. The number of aryl methyl sites for hydroxylation is 3. The molecule has 0 unspecified atom stereocenters. The van der Waals surface area contributed by atoms with E-state index in [9.17, 15) is 0 Å². The summed E-state index contributed by atoms with van der Waals surface area (Å²) in [6, 6.07) is 4.31. The highest BCUT2D eigenvalue weighted by Gasteiger charge is 2.10. The number of nitrogens with zero attached hydrogens (tertiary/aromatic N) is 2. The van der Waals surface area contributed by atoms with Crippen molar-refractivity contribution in [2.24, 2.45) is 0 Å². The Balaban J connectivity index is 1.99. The summed E-state index contributed by atoms with van der Waals surface area (Å²) in [6.07, 6.45) is 2.15. The quantitative estimate of drug-likeness (QED) is 0.789. The Hall–Kier alpha value is -1.13. The lowest BCUT2D eigenvalue weighted by Crippen LogP contribution is -2.16. The van der Waals surface area contributed by atoms with Crippen LogP contribution < -0.4 is 5.32 Å². The van der Waals surface area contributed by atoms with Crippen molar-refractivity contribution in [2.75, 3.05) is 13.1 Å². The van der Waals surface area contributed by atoms with E-state index in [-0.39, 0.29) is 0 Å². The monoisotopic (exact) mass is 277 g/mol. The van der Waals surface area contributed by atoms with Crippen molar-refractivity contribution in [3.05, 3.63) is 39.3 Å². The van der Waals surface area contributed by atoms with Crippen LogP contribution in [0.15, 0.2) is 17.5 Å². The van der Waals surface area contributed by atoms with E-state index in [1.54, 1.807) is 0 Å². The maximum atomic E-state index is 4.68. The van der Waals surface area contributed by atoms with Gasteiger partial charge >= 0.3 is 0 Å². The van der Waals surface area contributed by atoms with Gasteiger partial charge < -0.3 is 5.32 Å². The molecule has 2 rings (SSSR count). The first kappa shape index (κ1) is 14.3. The molecule has 0 radical (unpaired) electrons. The van der Waals surface area contributed by atoms with Gasteiger partial charge in [-0.2, -0.15) is 5.10 Å². The fourth-order valence-corrected chi connectivity index (χ4v) is 3.07. The van der Waals surface area contributed by atoms with E-state index < -0.39 is 0 Å². The lowest BCUT2D eigenvalue weighted by atomic mass is 10.1. The second kappa shape index (κ2) is 6.87. The second-order valence-electron chi connectivity index (χ2n) is 4.81. The predicted octanol–water partition coefficient (Wildman–Crippen LogP) is 2.96. The topological polar surface area (TPSA) is 29.9 Å². The summed E-state index contributed by atoms with van der Waals surface area (Å²) in [4.78, 5) is 1.43. The summed E-state index contributed by atoms with van der Waals surface area (Å²) in [7, 11) is 0. The molecule has 2 aromatic heterocycles. The first-order valence-corrected chi connectivity index (χ1v) is 7.86. The van der Waals surface area contributed by atoms with Crippen molar-refractivity contribution in [2.45, 2.75) is 40.2 Å². The average molecular weight is 277 g/mol. The summed E-state index contributed by atoms with van der Waals surface area (Å²) >= 11 is 1.82. The highest BCUT2D eigenvalue weighted by molar-refractivity contribution is 7.09. The SMILES string of the molecule is CCNCCc1c(C)nn(CCc2cccs2)c1C. The van der Waals surface area contributed by atoms with Crippen LogP contribution in [0.25, 0.3) is 0 Å². The Morgan fingerprint density at radius 1 is 1.32 bits per heavy atom. The zero-order chi connectivity index (χ0) is 13.7. The highest BCUT2D eigenvalue weighted by Crippen LogP contribution is 2.15. The molecule has 0 fully saturated rings. The number of hydrogen-bond donors (Lipinski definition) is 1. The minimum absolute atomic E-state index is 0.981. The molecule has 0 saturated carbocycles. The second-order valence-corrected chi connectivity index (χ2v) is 5.84. The summed E-state index contributed by atoms with van der Waals surface area (Å²) in [5, 5.41) is 10.2. The van der Waals surface area contributed by atoms with Gasteiger partial charge in [0.2, 0.25) is 0 Å². The van der Waals surface area contributed by atoms with E-state index in [1.807, 2.05) is 11.3 Å². The van der Waals surface area contributed by atoms with Gasteiger partial charge in [0.05, 0.1) is 5.69 Å². The molecule has 0 saturated heterocycles. The largest absolute Gasteiger partial charge is 0.317 e. The van der Waals surface area contributed by atoms with Crippen LogP contribution in [0, 0.1) is 13.8 Å². The van der Waals surface area contributed by atoms with Crippen LogP contribution in [0.5, 0.6) is 0 Å². The molecule has 3 nitrogen and oxygen atoms in total. The maximum absolute atomic E-state index is 4.68. The fourth-order valence-electron chi connectivity index (χ4n) is 2.37. The molecule has 1 N–H and O–H groups in total. The van der Waals surface area contributed by atoms with Gasteiger partial charge in [-0.05, 0) is 50.4 Å². The smallest absolute Gasteiger partial charge is 0.0628 e. The lowest BCUT2D eigenvalue weighted by molar-refractivity contribution is 0.596. The Labute approximate surface area is 119 Å². The van der Waals surface area contributed by atoms with Crippen LogP contribution >= 0.6 is 11.3 Å². The molecule has 4 heteroatoms. The van der Waals surface area contributed by atoms with Gasteiger partial charge in [-0.15, -0.1) is 11.3 Å². The zero-order valence-corrected chi connectivity index (χ0v) is 12.9. The van der Waals surface area contributed by atoms with Crippen molar-refractivity contribution in [3.8, 4) is 0 Å². The molecule has 2 heterocycles. The van der Waals surface area contributed by atoms with Crippen LogP contribution in [0.2, 0.25) is 0 Å². The van der Waals surface area contributed by atoms with Crippen molar-refractivity contribution in [3.63, 3.8) is 0 Å². The molecule has 0 aliphatic heterocycles. The van der Waals surface area contributed by atoms with Crippen LogP contribution in [0.4, 0.5) is 0 Å². The van der Waals surface area contributed by atoms with Crippen molar-refractivity contribution in [1.29, 1.82) is 0 Å². The van der Waals surface area contributed by atoms with Crippen molar-refractivity contribution < 1.29 is 0 Å². The lowest BCUT2D eigenvalue weighted by Gasteiger charge is -2.05. The van der Waals surface area contributed by atoms with E-state index >= 15 is 0 Å². The molecule has 0 bridgehead atoms. The molecular formula is C15H23N3S. The van der Waals surface area contributed by atoms with Gasteiger partial charge in [0.15, 0.2) is 0 Å². The van der Waals surface area contributed by atoms with Crippen molar-refractivity contribution in [1.82, 2.24) is 15.1 Å². The van der Waals surface area contributed by atoms with Gasteiger partial charge in [0, 0.05) is 23.5 Å². The number of thiophene rings is 1. The van der Waals surface area contributed by atoms with E-state index in [0.717, 1.165) is 32.5 Å². The van der Waals surface area contributed by atoms with Crippen molar-refractivity contribution >= 4 is 11.3 Å². The minimum atomic E-state index is 0.981. The summed E-state index contributed by atoms with van der Waals surface area (Å²) in [6.45, 7) is 9.50. The first-order chi connectivity index (χ1) is 9.22. The van der Waals surface area contributed by atoms with Gasteiger partial charge in [-0.25, -0.2) is 0 Å². The number of aromatic nitrogens is 2. The van der Waals surface area contributed by atoms with Gasteiger partial charge in [-0.3, -0.25) is 4.68 Å². The predicted molar refractivity (Wildman–Crippen MR) is 82.0 cm³/mol. The summed E-state index contributed by atoms with van der Waals surface area (Å²) in [5.41, 5.74) is 3.92. The van der Waals surface area contributed by atoms with Gasteiger partial charge in [-0.1, -0.05) is 13.0 Å². The fraction of sp³-hybridized carbons (Fsp3) is 0.533. The van der Waals surface area contributed by atoms with E-state index in [2.05, 4.69) is 53.4 Å².